The first kappa shape index (κ1) is 20.8. The molecule has 5 aliphatic rings. The molecule has 0 aromatic carbocycles. The van der Waals surface area contributed by atoms with Gasteiger partial charge in [0.1, 0.15) is 11.5 Å². The Labute approximate surface area is 197 Å². The lowest BCUT2D eigenvalue weighted by molar-refractivity contribution is 0.118. The highest BCUT2D eigenvalue weighted by Crippen LogP contribution is 2.64. The molecule has 0 amide bonds. The Hall–Kier alpha value is -2.82. The number of fused-ring (bicyclic) bond motifs is 4. The van der Waals surface area contributed by atoms with Crippen LogP contribution >= 0.6 is 11.6 Å². The van der Waals surface area contributed by atoms with Gasteiger partial charge in [0.2, 0.25) is 0 Å². The van der Waals surface area contributed by atoms with Crippen LogP contribution in [-0.4, -0.2) is 46.7 Å². The smallest absolute Gasteiger partial charge is 0.151 e. The molecule has 8 heteroatoms. The maximum atomic E-state index is 11.7. The van der Waals surface area contributed by atoms with Crippen LogP contribution in [0.25, 0.3) is 11.8 Å². The molecule has 1 aromatic heterocycles. The van der Waals surface area contributed by atoms with Crippen LogP contribution in [0.2, 0.25) is 0 Å². The molecule has 2 aliphatic heterocycles. The van der Waals surface area contributed by atoms with E-state index in [-0.39, 0.29) is 17.8 Å². The number of hydrogen-bond donors (Lipinski definition) is 2. The first-order valence-corrected chi connectivity index (χ1v) is 11.7. The predicted molar refractivity (Wildman–Crippen MR) is 125 cm³/mol. The van der Waals surface area contributed by atoms with Crippen LogP contribution < -0.4 is 0 Å². The molecule has 33 heavy (non-hydrogen) atoms. The first-order chi connectivity index (χ1) is 15.9. The van der Waals surface area contributed by atoms with Gasteiger partial charge in [0.15, 0.2) is 5.54 Å². The average Bonchev–Trinajstić information content (AvgIpc) is 3.39. The zero-order valence-electron chi connectivity index (χ0n) is 18.5. The summed E-state index contributed by atoms with van der Waals surface area (Å²) in [4.78, 5) is 9.82. The van der Waals surface area contributed by atoms with Crippen molar-refractivity contribution in [2.24, 2.45) is 27.2 Å². The quantitative estimate of drug-likeness (QED) is 0.660. The van der Waals surface area contributed by atoms with Gasteiger partial charge in [-0.3, -0.25) is 9.98 Å². The number of rotatable bonds is 3. The summed E-state index contributed by atoms with van der Waals surface area (Å²) in [5.74, 6) is 0.684. The molecule has 0 radical (unpaired) electrons. The fourth-order valence-corrected chi connectivity index (χ4v) is 7.05. The van der Waals surface area contributed by atoms with Crippen LogP contribution in [0, 0.1) is 28.6 Å². The number of methoxy groups -OCH3 is 1. The zero-order valence-corrected chi connectivity index (χ0v) is 19.3. The standard InChI is InChI=1S/C25H25ClN4O3/c1-13-5-6-16-20-19(33-2)10-24-11-28-12-25(24,29-21-17(24)8-14(31)9-18(21)26)23(20)30(32)22(16)15(13)4-3-7-27/h5-6,9-10,12-15,17,31-32H,3-4,8,11H2,1-2H3. The van der Waals surface area contributed by atoms with Gasteiger partial charge in [-0.05, 0) is 30.9 Å². The number of allylic oxidation sites excluding steroid dienone is 2. The summed E-state index contributed by atoms with van der Waals surface area (Å²) in [6.07, 6.45) is 10.6. The normalized spacial score (nSPS) is 37.1. The van der Waals surface area contributed by atoms with Crippen LogP contribution in [0.4, 0.5) is 0 Å². The molecular formula is C25H25ClN4O3. The van der Waals surface area contributed by atoms with Crippen molar-refractivity contribution in [3.63, 3.8) is 0 Å². The third kappa shape index (κ3) is 2.38. The predicted octanol–water partition coefficient (Wildman–Crippen LogP) is 4.00. The topological polar surface area (TPSA) is 103 Å². The van der Waals surface area contributed by atoms with E-state index in [0.717, 1.165) is 22.5 Å². The molecule has 1 aromatic rings. The van der Waals surface area contributed by atoms with E-state index >= 15 is 0 Å². The van der Waals surface area contributed by atoms with E-state index in [0.29, 0.717) is 42.3 Å². The monoisotopic (exact) mass is 464 g/mol. The SMILES string of the molecule is COC1=CC23CN=CC2(N=C2C(Cl)=CC(O)CC23)c2c1c1c(n2O)C(CCC#N)C(C)C=C1. The fraction of sp³-hybridized carbons (Fsp3) is 0.480. The molecule has 170 valence electrons. The number of halogens is 1. The van der Waals surface area contributed by atoms with Crippen molar-refractivity contribution in [3.05, 3.63) is 45.8 Å². The van der Waals surface area contributed by atoms with Gasteiger partial charge in [0.25, 0.3) is 0 Å². The summed E-state index contributed by atoms with van der Waals surface area (Å²) in [5.41, 5.74) is 2.33. The van der Waals surface area contributed by atoms with Crippen LogP contribution in [0.15, 0.2) is 33.2 Å². The van der Waals surface area contributed by atoms with Gasteiger partial charge < -0.3 is 15.1 Å². The molecule has 0 fully saturated rings. The van der Waals surface area contributed by atoms with E-state index in [1.807, 2.05) is 12.3 Å². The zero-order chi connectivity index (χ0) is 23.1. The molecule has 7 nitrogen and oxygen atoms in total. The maximum absolute atomic E-state index is 11.7. The number of aromatic nitrogens is 1. The summed E-state index contributed by atoms with van der Waals surface area (Å²) >= 11 is 6.58. The van der Waals surface area contributed by atoms with Crippen molar-refractivity contribution >= 4 is 35.4 Å². The van der Waals surface area contributed by atoms with Crippen LogP contribution in [0.1, 0.15) is 54.6 Å². The van der Waals surface area contributed by atoms with E-state index in [2.05, 4.69) is 30.1 Å². The van der Waals surface area contributed by atoms with Gasteiger partial charge in [0, 0.05) is 30.0 Å². The van der Waals surface area contributed by atoms with Crippen molar-refractivity contribution in [1.82, 2.24) is 4.73 Å². The lowest BCUT2D eigenvalue weighted by Gasteiger charge is -2.43. The molecule has 0 spiro atoms. The number of aliphatic imine (C=N–C) groups is 2. The van der Waals surface area contributed by atoms with Crippen molar-refractivity contribution in [2.75, 3.05) is 13.7 Å². The van der Waals surface area contributed by atoms with Gasteiger partial charge in [-0.1, -0.05) is 30.7 Å². The van der Waals surface area contributed by atoms with Gasteiger partial charge in [0.05, 0.1) is 53.2 Å². The Morgan fingerprint density at radius 3 is 3.00 bits per heavy atom. The molecule has 3 heterocycles. The Morgan fingerprint density at radius 1 is 1.42 bits per heavy atom. The van der Waals surface area contributed by atoms with Crippen molar-refractivity contribution in [3.8, 4) is 6.07 Å². The molecule has 6 atom stereocenters. The Kier molecular flexibility index (Phi) is 4.31. The molecule has 3 aliphatic carbocycles. The number of ether oxygens (including phenoxy) is 1. The van der Waals surface area contributed by atoms with Crippen LogP contribution in [0.3, 0.4) is 0 Å². The summed E-state index contributed by atoms with van der Waals surface area (Å²) in [6, 6.07) is 2.24. The molecule has 2 N–H and O–H groups in total. The molecule has 0 bridgehead atoms. The second-order valence-corrected chi connectivity index (χ2v) is 10.1. The molecule has 0 saturated carbocycles. The second-order valence-electron chi connectivity index (χ2n) is 9.71. The summed E-state index contributed by atoms with van der Waals surface area (Å²) in [6.45, 7) is 2.57. The third-order valence-corrected chi connectivity index (χ3v) is 8.53. The first-order valence-electron chi connectivity index (χ1n) is 11.4. The highest BCUT2D eigenvalue weighted by atomic mass is 35.5. The van der Waals surface area contributed by atoms with E-state index in [1.54, 1.807) is 13.2 Å². The average molecular weight is 465 g/mol. The van der Waals surface area contributed by atoms with E-state index in [1.165, 1.54) is 4.73 Å². The van der Waals surface area contributed by atoms with Crippen LogP contribution in [-0.2, 0) is 10.3 Å². The molecular weight excluding hydrogens is 440 g/mol. The highest BCUT2D eigenvalue weighted by Gasteiger charge is 2.68. The summed E-state index contributed by atoms with van der Waals surface area (Å²) < 4.78 is 7.21. The number of hydrogen-bond acceptors (Lipinski definition) is 6. The molecule has 6 unspecified atom stereocenters. The van der Waals surface area contributed by atoms with E-state index in [9.17, 15) is 15.6 Å². The van der Waals surface area contributed by atoms with Gasteiger partial charge in [-0.25, -0.2) is 0 Å². The molecule has 0 saturated heterocycles. The molecule has 6 rings (SSSR count). The minimum atomic E-state index is -0.939. The van der Waals surface area contributed by atoms with Crippen molar-refractivity contribution in [1.29, 1.82) is 5.26 Å². The Balaban J connectivity index is 1.65. The van der Waals surface area contributed by atoms with E-state index in [4.69, 9.17) is 21.3 Å². The minimum absolute atomic E-state index is 0.0101. The second kappa shape index (κ2) is 6.85. The summed E-state index contributed by atoms with van der Waals surface area (Å²) in [7, 11) is 1.64. The number of nitrogens with zero attached hydrogens (tertiary/aromatic N) is 4. The van der Waals surface area contributed by atoms with Crippen molar-refractivity contribution in [2.45, 2.75) is 43.7 Å². The highest BCUT2D eigenvalue weighted by molar-refractivity contribution is 6.44. The number of nitriles is 1. The lowest BCUT2D eigenvalue weighted by Crippen LogP contribution is -2.49. The third-order valence-electron chi connectivity index (χ3n) is 8.21. The fourth-order valence-electron chi connectivity index (χ4n) is 6.73. The maximum Gasteiger partial charge on any atom is 0.151 e. The van der Waals surface area contributed by atoms with Gasteiger partial charge in [-0.2, -0.15) is 9.99 Å². The lowest BCUT2D eigenvalue weighted by atomic mass is 9.59. The van der Waals surface area contributed by atoms with Crippen LogP contribution in [0.5, 0.6) is 0 Å². The Bertz CT molecular complexity index is 1270. The Morgan fingerprint density at radius 2 is 2.24 bits per heavy atom. The minimum Gasteiger partial charge on any atom is -0.496 e. The van der Waals surface area contributed by atoms with Gasteiger partial charge in [-0.15, -0.1) is 0 Å². The summed E-state index contributed by atoms with van der Waals surface area (Å²) in [5, 5.41) is 31.9. The van der Waals surface area contributed by atoms with Gasteiger partial charge >= 0.3 is 0 Å². The largest absolute Gasteiger partial charge is 0.496 e. The number of aliphatic hydroxyl groups is 1. The number of aliphatic hydroxyl groups excluding tert-OH is 1. The van der Waals surface area contributed by atoms with Crippen molar-refractivity contribution < 1.29 is 15.1 Å². The van der Waals surface area contributed by atoms with E-state index < -0.39 is 17.1 Å².